The minimum atomic E-state index is -0.249. The molecule has 7 heteroatoms. The van der Waals surface area contributed by atoms with Gasteiger partial charge in [-0.1, -0.05) is 12.1 Å². The number of morpholine rings is 1. The summed E-state index contributed by atoms with van der Waals surface area (Å²) in [4.78, 5) is 13.9. The minimum Gasteiger partial charge on any atom is -0.374 e. The molecule has 0 spiro atoms. The number of nitrogens with zero attached hydrogens (tertiary/aromatic N) is 1. The van der Waals surface area contributed by atoms with Crippen molar-refractivity contribution in [3.8, 4) is 0 Å². The van der Waals surface area contributed by atoms with Crippen molar-refractivity contribution in [2.45, 2.75) is 19.6 Å². The Kier molecular flexibility index (Phi) is 7.75. The maximum atomic E-state index is 13.4. The molecule has 1 unspecified atom stereocenters. The summed E-state index contributed by atoms with van der Waals surface area (Å²) in [6.45, 7) is 4.81. The van der Waals surface area contributed by atoms with Crippen LogP contribution in [0.4, 0.5) is 4.39 Å². The van der Waals surface area contributed by atoms with Gasteiger partial charge in [-0.15, -0.1) is 12.4 Å². The molecule has 1 aliphatic rings. The van der Waals surface area contributed by atoms with Crippen LogP contribution in [0.15, 0.2) is 18.2 Å². The highest BCUT2D eigenvalue weighted by Gasteiger charge is 2.20. The lowest BCUT2D eigenvalue weighted by Gasteiger charge is -2.31. The summed E-state index contributed by atoms with van der Waals surface area (Å²) in [5.41, 5.74) is 6.93. The third-order valence-corrected chi connectivity index (χ3v) is 3.58. The molecule has 124 valence electrons. The molecule has 2 rings (SSSR count). The summed E-state index contributed by atoms with van der Waals surface area (Å²) in [6, 6.07) is 4.98. The molecule has 1 aliphatic heterocycles. The Bertz CT molecular complexity index is 502. The Hall–Kier alpha value is -1.21. The van der Waals surface area contributed by atoms with E-state index in [1.165, 1.54) is 6.07 Å². The molecule has 5 nitrogen and oxygen atoms in total. The fraction of sp³-hybridized carbons (Fsp3) is 0.533. The quantitative estimate of drug-likeness (QED) is 0.838. The Labute approximate surface area is 136 Å². The van der Waals surface area contributed by atoms with Crippen LogP contribution in [-0.4, -0.2) is 49.7 Å². The maximum absolute atomic E-state index is 13.4. The Morgan fingerprint density at radius 2 is 2.32 bits per heavy atom. The molecule has 1 saturated heterocycles. The van der Waals surface area contributed by atoms with E-state index in [4.69, 9.17) is 10.5 Å². The first kappa shape index (κ1) is 18.8. The van der Waals surface area contributed by atoms with Gasteiger partial charge >= 0.3 is 0 Å². The molecule has 1 atom stereocenters. The Balaban J connectivity index is 0.00000242. The largest absolute Gasteiger partial charge is 0.374 e. The number of hydrogen-bond donors (Lipinski definition) is 2. The number of amides is 1. The first-order valence-corrected chi connectivity index (χ1v) is 7.14. The molecule has 1 amide bonds. The highest BCUT2D eigenvalue weighted by molar-refractivity contribution is 5.85. The Morgan fingerprint density at radius 1 is 1.55 bits per heavy atom. The number of carbonyl (C=O) groups is 1. The van der Waals surface area contributed by atoms with E-state index >= 15 is 0 Å². The fourth-order valence-electron chi connectivity index (χ4n) is 2.27. The first-order chi connectivity index (χ1) is 10.1. The van der Waals surface area contributed by atoms with Gasteiger partial charge in [-0.05, 0) is 24.1 Å². The van der Waals surface area contributed by atoms with Crippen molar-refractivity contribution >= 4 is 18.3 Å². The molecule has 0 aromatic heterocycles. The predicted octanol–water partition coefficient (Wildman–Crippen LogP) is 0.832. The number of halogens is 2. The van der Waals surface area contributed by atoms with Crippen LogP contribution in [0.5, 0.6) is 0 Å². The zero-order valence-corrected chi connectivity index (χ0v) is 13.5. The lowest BCUT2D eigenvalue weighted by atomic mass is 10.1. The summed E-state index contributed by atoms with van der Waals surface area (Å²) < 4.78 is 18.9. The lowest BCUT2D eigenvalue weighted by molar-refractivity contribution is -0.124. The van der Waals surface area contributed by atoms with Crippen LogP contribution in [0.3, 0.4) is 0 Å². The van der Waals surface area contributed by atoms with E-state index in [1.807, 2.05) is 11.0 Å². The van der Waals surface area contributed by atoms with Crippen LogP contribution in [0, 0.1) is 12.7 Å². The van der Waals surface area contributed by atoms with Crippen molar-refractivity contribution in [1.29, 1.82) is 0 Å². The zero-order chi connectivity index (χ0) is 15.2. The SMILES string of the molecule is Cc1ccc(CNC(=O)CN2CCOC(CN)C2)cc1F.Cl. The molecule has 0 aliphatic carbocycles. The summed E-state index contributed by atoms with van der Waals surface area (Å²) in [7, 11) is 0. The summed E-state index contributed by atoms with van der Waals surface area (Å²) >= 11 is 0. The van der Waals surface area contributed by atoms with Gasteiger partial charge in [0.2, 0.25) is 5.91 Å². The third-order valence-electron chi connectivity index (χ3n) is 3.58. The van der Waals surface area contributed by atoms with E-state index in [-0.39, 0.29) is 30.2 Å². The van der Waals surface area contributed by atoms with Crippen molar-refractivity contribution in [2.75, 3.05) is 32.8 Å². The second kappa shape index (κ2) is 9.05. The zero-order valence-electron chi connectivity index (χ0n) is 12.7. The molecule has 3 N–H and O–H groups in total. The first-order valence-electron chi connectivity index (χ1n) is 7.14. The molecule has 1 aromatic rings. The molecule has 1 heterocycles. The number of benzene rings is 1. The molecule has 1 aromatic carbocycles. The van der Waals surface area contributed by atoms with E-state index < -0.39 is 0 Å². The van der Waals surface area contributed by atoms with Gasteiger partial charge in [0.15, 0.2) is 0 Å². The van der Waals surface area contributed by atoms with E-state index in [9.17, 15) is 9.18 Å². The molecule has 1 fully saturated rings. The predicted molar refractivity (Wildman–Crippen MR) is 85.5 cm³/mol. The molecular weight excluding hydrogens is 309 g/mol. The number of ether oxygens (including phenoxy) is 1. The average molecular weight is 332 g/mol. The number of nitrogens with one attached hydrogen (secondary N) is 1. The maximum Gasteiger partial charge on any atom is 0.234 e. The van der Waals surface area contributed by atoms with Gasteiger partial charge in [0, 0.05) is 26.2 Å². The van der Waals surface area contributed by atoms with E-state index in [0.717, 1.165) is 12.1 Å². The lowest BCUT2D eigenvalue weighted by Crippen LogP contribution is -2.48. The number of aryl methyl sites for hydroxylation is 1. The summed E-state index contributed by atoms with van der Waals surface area (Å²) in [6.07, 6.45) is -0.00209. The van der Waals surface area contributed by atoms with Crippen LogP contribution in [0.2, 0.25) is 0 Å². The van der Waals surface area contributed by atoms with Gasteiger partial charge in [0.25, 0.3) is 0 Å². The second-order valence-electron chi connectivity index (χ2n) is 5.32. The van der Waals surface area contributed by atoms with Crippen molar-refractivity contribution in [2.24, 2.45) is 5.73 Å². The van der Waals surface area contributed by atoms with E-state index in [1.54, 1.807) is 13.0 Å². The summed E-state index contributed by atoms with van der Waals surface area (Å²) in [5, 5.41) is 2.81. The average Bonchev–Trinajstić information content (AvgIpc) is 2.48. The standard InChI is InChI=1S/C15H22FN3O2.ClH/c1-11-2-3-12(6-14(11)16)8-18-15(20)10-19-4-5-21-13(7-17)9-19;/h2-3,6,13H,4-5,7-10,17H2,1H3,(H,18,20);1H. The highest BCUT2D eigenvalue weighted by atomic mass is 35.5. The third kappa shape index (κ3) is 5.53. The monoisotopic (exact) mass is 331 g/mol. The number of nitrogens with two attached hydrogens (primary N) is 1. The van der Waals surface area contributed by atoms with Crippen molar-refractivity contribution in [1.82, 2.24) is 10.2 Å². The van der Waals surface area contributed by atoms with Crippen LogP contribution >= 0.6 is 12.4 Å². The summed E-state index contributed by atoms with van der Waals surface area (Å²) in [5.74, 6) is -0.325. The van der Waals surface area contributed by atoms with Crippen molar-refractivity contribution < 1.29 is 13.9 Å². The molecule has 22 heavy (non-hydrogen) atoms. The highest BCUT2D eigenvalue weighted by Crippen LogP contribution is 2.09. The molecule has 0 saturated carbocycles. The van der Waals surface area contributed by atoms with Gasteiger partial charge in [0.05, 0.1) is 19.3 Å². The van der Waals surface area contributed by atoms with E-state index in [2.05, 4.69) is 5.32 Å². The minimum absolute atomic E-state index is 0. The molecule has 0 radical (unpaired) electrons. The van der Waals surface area contributed by atoms with Gasteiger partial charge in [0.1, 0.15) is 5.82 Å². The second-order valence-corrected chi connectivity index (χ2v) is 5.32. The number of rotatable bonds is 5. The van der Waals surface area contributed by atoms with Crippen molar-refractivity contribution in [3.63, 3.8) is 0 Å². The number of hydrogen-bond acceptors (Lipinski definition) is 4. The van der Waals surface area contributed by atoms with Gasteiger partial charge in [-0.3, -0.25) is 9.69 Å². The van der Waals surface area contributed by atoms with Gasteiger partial charge in [-0.2, -0.15) is 0 Å². The fourth-order valence-corrected chi connectivity index (χ4v) is 2.27. The normalized spacial score (nSPS) is 18.6. The smallest absolute Gasteiger partial charge is 0.234 e. The topological polar surface area (TPSA) is 67.6 Å². The van der Waals surface area contributed by atoms with E-state index in [0.29, 0.717) is 38.3 Å². The number of carbonyl (C=O) groups excluding carboxylic acids is 1. The van der Waals surface area contributed by atoms with Crippen LogP contribution in [0.1, 0.15) is 11.1 Å². The van der Waals surface area contributed by atoms with Gasteiger partial charge < -0.3 is 15.8 Å². The Morgan fingerprint density at radius 3 is 3.00 bits per heavy atom. The van der Waals surface area contributed by atoms with Crippen LogP contribution in [0.25, 0.3) is 0 Å². The van der Waals surface area contributed by atoms with Gasteiger partial charge in [-0.25, -0.2) is 4.39 Å². The van der Waals surface area contributed by atoms with Crippen LogP contribution in [-0.2, 0) is 16.1 Å². The molecule has 0 bridgehead atoms. The molecular formula is C15H23ClFN3O2. The van der Waals surface area contributed by atoms with Crippen molar-refractivity contribution in [3.05, 3.63) is 35.1 Å². The van der Waals surface area contributed by atoms with Crippen LogP contribution < -0.4 is 11.1 Å².